The van der Waals surface area contributed by atoms with E-state index in [-0.39, 0.29) is 36.8 Å². The third-order valence-corrected chi connectivity index (χ3v) is 4.70. The van der Waals surface area contributed by atoms with Crippen LogP contribution in [0.25, 0.3) is 0 Å². The summed E-state index contributed by atoms with van der Waals surface area (Å²) in [5.74, 6) is -0.210. The number of thiophene rings is 1. The molecule has 0 spiro atoms. The van der Waals surface area contributed by atoms with Gasteiger partial charge in [-0.15, -0.1) is 11.3 Å². The predicted octanol–water partition coefficient (Wildman–Crippen LogP) is 4.59. The second-order valence-electron chi connectivity index (χ2n) is 6.07. The van der Waals surface area contributed by atoms with Crippen LogP contribution in [-0.4, -0.2) is 24.5 Å². The number of ketones is 1. The fourth-order valence-corrected chi connectivity index (χ4v) is 3.37. The monoisotopic (exact) mass is 399 g/mol. The van der Waals surface area contributed by atoms with E-state index in [0.717, 1.165) is 15.3 Å². The molecular formula is C19H20F3NO3S. The Morgan fingerprint density at radius 3 is 2.33 bits per heavy atom. The van der Waals surface area contributed by atoms with Crippen LogP contribution in [0.15, 0.2) is 30.3 Å². The van der Waals surface area contributed by atoms with E-state index in [4.69, 9.17) is 0 Å². The van der Waals surface area contributed by atoms with Gasteiger partial charge < -0.3 is 10.1 Å². The van der Waals surface area contributed by atoms with Gasteiger partial charge in [-0.25, -0.2) is 0 Å². The average molecular weight is 399 g/mol. The lowest BCUT2D eigenvalue weighted by molar-refractivity contribution is -0.153. The summed E-state index contributed by atoms with van der Waals surface area (Å²) in [7, 11) is 0. The number of alkyl halides is 3. The highest BCUT2D eigenvalue weighted by atomic mass is 32.1. The number of halogens is 3. The highest BCUT2D eigenvalue weighted by Crippen LogP contribution is 2.22. The second kappa shape index (κ2) is 9.03. The van der Waals surface area contributed by atoms with E-state index >= 15 is 0 Å². The lowest BCUT2D eigenvalue weighted by Crippen LogP contribution is -2.23. The predicted molar refractivity (Wildman–Crippen MR) is 97.2 cm³/mol. The molecule has 1 heterocycles. The van der Waals surface area contributed by atoms with E-state index in [1.54, 1.807) is 23.5 Å². The molecule has 1 aromatic heterocycles. The minimum absolute atomic E-state index is 0.0573. The first-order valence-electron chi connectivity index (χ1n) is 8.29. The van der Waals surface area contributed by atoms with Crippen LogP contribution in [0.1, 0.15) is 38.5 Å². The zero-order valence-electron chi connectivity index (χ0n) is 15.0. The zero-order valence-corrected chi connectivity index (χ0v) is 15.8. The summed E-state index contributed by atoms with van der Waals surface area (Å²) in [6.45, 7) is 2.69. The normalized spacial score (nSPS) is 11.3. The van der Waals surface area contributed by atoms with Gasteiger partial charge in [0.25, 0.3) is 0 Å². The van der Waals surface area contributed by atoms with Crippen LogP contribution in [-0.2, 0) is 11.3 Å². The van der Waals surface area contributed by atoms with Crippen LogP contribution in [0.4, 0.5) is 13.2 Å². The largest absolute Gasteiger partial charge is 0.484 e. The minimum atomic E-state index is -4.38. The van der Waals surface area contributed by atoms with Gasteiger partial charge in [0.1, 0.15) is 5.75 Å². The summed E-state index contributed by atoms with van der Waals surface area (Å²) in [6, 6.07) is 7.82. The first-order valence-corrected chi connectivity index (χ1v) is 9.11. The Balaban J connectivity index is 1.75. The molecule has 0 aliphatic heterocycles. The van der Waals surface area contributed by atoms with E-state index in [1.165, 1.54) is 12.1 Å². The Kier molecular flexibility index (Phi) is 7.01. The first-order chi connectivity index (χ1) is 12.6. The number of nitrogens with one attached hydrogen (secondary N) is 1. The van der Waals surface area contributed by atoms with Crippen LogP contribution in [0.3, 0.4) is 0 Å². The maximum atomic E-state index is 12.2. The third-order valence-electron chi connectivity index (χ3n) is 3.74. The van der Waals surface area contributed by atoms with E-state index < -0.39 is 12.8 Å². The summed E-state index contributed by atoms with van der Waals surface area (Å²) in [4.78, 5) is 26.1. The quantitative estimate of drug-likeness (QED) is 0.661. The standard InChI is InChI=1S/C19H20F3NO3S/c1-12-9-16(13(2)27-12)17(24)7-8-18(25)23-10-14-3-5-15(6-4-14)26-11-19(20,21)22/h3-6,9H,7-8,10-11H2,1-2H3,(H,23,25). The van der Waals surface area contributed by atoms with Crippen molar-refractivity contribution in [3.63, 3.8) is 0 Å². The molecule has 2 rings (SSSR count). The van der Waals surface area contributed by atoms with Crippen molar-refractivity contribution in [2.24, 2.45) is 0 Å². The van der Waals surface area contributed by atoms with E-state index in [0.29, 0.717) is 5.56 Å². The Morgan fingerprint density at radius 2 is 1.78 bits per heavy atom. The SMILES string of the molecule is Cc1cc(C(=O)CCC(=O)NCc2ccc(OCC(F)(F)F)cc2)c(C)s1. The Labute approximate surface area is 159 Å². The molecule has 0 saturated heterocycles. The summed E-state index contributed by atoms with van der Waals surface area (Å²) in [5, 5.41) is 2.69. The maximum Gasteiger partial charge on any atom is 0.422 e. The number of carbonyl (C=O) groups is 2. The molecule has 0 atom stereocenters. The van der Waals surface area contributed by atoms with Gasteiger partial charge in [-0.3, -0.25) is 9.59 Å². The van der Waals surface area contributed by atoms with Crippen molar-refractivity contribution >= 4 is 23.0 Å². The van der Waals surface area contributed by atoms with Crippen LogP contribution in [0, 0.1) is 13.8 Å². The molecule has 27 heavy (non-hydrogen) atoms. The number of aryl methyl sites for hydroxylation is 2. The molecule has 0 aliphatic rings. The molecule has 1 amide bonds. The van der Waals surface area contributed by atoms with Crippen molar-refractivity contribution in [1.82, 2.24) is 5.32 Å². The molecule has 0 saturated carbocycles. The van der Waals surface area contributed by atoms with Crippen molar-refractivity contribution in [3.05, 3.63) is 51.2 Å². The van der Waals surface area contributed by atoms with Gasteiger partial charge >= 0.3 is 6.18 Å². The number of rotatable bonds is 8. The van der Waals surface area contributed by atoms with Crippen LogP contribution in [0.5, 0.6) is 5.75 Å². The molecular weight excluding hydrogens is 379 g/mol. The fourth-order valence-electron chi connectivity index (χ4n) is 2.43. The Morgan fingerprint density at radius 1 is 1.11 bits per heavy atom. The van der Waals surface area contributed by atoms with Gasteiger partial charge in [0.2, 0.25) is 5.91 Å². The van der Waals surface area contributed by atoms with Gasteiger partial charge in [0.15, 0.2) is 12.4 Å². The zero-order chi connectivity index (χ0) is 20.0. The summed E-state index contributed by atoms with van der Waals surface area (Å²) in [5.41, 5.74) is 1.39. The number of ether oxygens (including phenoxy) is 1. The molecule has 146 valence electrons. The van der Waals surface area contributed by atoms with Gasteiger partial charge in [0.05, 0.1) is 0 Å². The average Bonchev–Trinajstić information content (AvgIpc) is 2.94. The van der Waals surface area contributed by atoms with Crippen molar-refractivity contribution in [2.75, 3.05) is 6.61 Å². The molecule has 2 aromatic rings. The molecule has 0 fully saturated rings. The number of hydrogen-bond acceptors (Lipinski definition) is 4. The smallest absolute Gasteiger partial charge is 0.422 e. The molecule has 0 bridgehead atoms. The number of benzene rings is 1. The number of Topliss-reactive ketones (excluding diaryl/α,β-unsaturated/α-hetero) is 1. The second-order valence-corrected chi connectivity index (χ2v) is 7.54. The first kappa shape index (κ1) is 21.0. The van der Waals surface area contributed by atoms with Gasteiger partial charge in [-0.2, -0.15) is 13.2 Å². The lowest BCUT2D eigenvalue weighted by Gasteiger charge is -2.10. The number of amides is 1. The highest BCUT2D eigenvalue weighted by molar-refractivity contribution is 7.12. The molecule has 1 N–H and O–H groups in total. The van der Waals surface area contributed by atoms with E-state index in [2.05, 4.69) is 10.1 Å². The van der Waals surface area contributed by atoms with Crippen molar-refractivity contribution in [3.8, 4) is 5.75 Å². The van der Waals surface area contributed by atoms with Crippen molar-refractivity contribution < 1.29 is 27.5 Å². The maximum absolute atomic E-state index is 12.2. The molecule has 4 nitrogen and oxygen atoms in total. The fraction of sp³-hybridized carbons (Fsp3) is 0.368. The van der Waals surface area contributed by atoms with Crippen LogP contribution in [0.2, 0.25) is 0 Å². The molecule has 0 unspecified atom stereocenters. The summed E-state index contributed by atoms with van der Waals surface area (Å²) in [6.07, 6.45) is -4.17. The topological polar surface area (TPSA) is 55.4 Å². The van der Waals surface area contributed by atoms with Gasteiger partial charge in [-0.1, -0.05) is 12.1 Å². The summed E-state index contributed by atoms with van der Waals surface area (Å²) < 4.78 is 40.9. The number of hydrogen-bond donors (Lipinski definition) is 1. The number of carbonyl (C=O) groups excluding carboxylic acids is 2. The van der Waals surface area contributed by atoms with E-state index in [1.807, 2.05) is 19.9 Å². The minimum Gasteiger partial charge on any atom is -0.484 e. The summed E-state index contributed by atoms with van der Waals surface area (Å²) >= 11 is 1.55. The third kappa shape index (κ3) is 7.05. The van der Waals surface area contributed by atoms with Gasteiger partial charge in [-0.05, 0) is 37.6 Å². The van der Waals surface area contributed by atoms with Crippen LogP contribution < -0.4 is 10.1 Å². The molecule has 0 radical (unpaired) electrons. The molecule has 1 aromatic carbocycles. The Bertz CT molecular complexity index is 798. The molecule has 0 aliphatic carbocycles. The lowest BCUT2D eigenvalue weighted by atomic mass is 10.1. The van der Waals surface area contributed by atoms with Gasteiger partial charge in [0, 0.05) is 34.7 Å². The van der Waals surface area contributed by atoms with Crippen molar-refractivity contribution in [1.29, 1.82) is 0 Å². The van der Waals surface area contributed by atoms with E-state index in [9.17, 15) is 22.8 Å². The molecule has 8 heteroatoms. The van der Waals surface area contributed by atoms with Crippen molar-refractivity contribution in [2.45, 2.75) is 39.4 Å². The highest BCUT2D eigenvalue weighted by Gasteiger charge is 2.28. The van der Waals surface area contributed by atoms with Crippen LogP contribution >= 0.6 is 11.3 Å². The Hall–Kier alpha value is -2.35.